The fraction of sp³-hybridized carbons (Fsp3) is 0.286. The number of nitrogens with zero attached hydrogens (tertiary/aromatic N) is 2. The van der Waals surface area contributed by atoms with Crippen LogP contribution in [-0.4, -0.2) is 42.0 Å². The highest BCUT2D eigenvalue weighted by molar-refractivity contribution is 7.13. The third-order valence-corrected chi connectivity index (χ3v) is 5.93. The second kappa shape index (κ2) is 7.48. The van der Waals surface area contributed by atoms with E-state index in [1.165, 1.54) is 7.11 Å². The Hall–Kier alpha value is -2.73. The monoisotopic (exact) mass is 380 g/mol. The molecule has 3 heterocycles. The number of hydrogen-bond acceptors (Lipinski definition) is 5. The summed E-state index contributed by atoms with van der Waals surface area (Å²) < 4.78 is 4.84. The smallest absolute Gasteiger partial charge is 0.308 e. The van der Waals surface area contributed by atoms with Crippen LogP contribution in [0.3, 0.4) is 0 Å². The van der Waals surface area contributed by atoms with Gasteiger partial charge in [0.25, 0.3) is 5.91 Å². The summed E-state index contributed by atoms with van der Waals surface area (Å²) in [6, 6.07) is 13.6. The summed E-state index contributed by atoms with van der Waals surface area (Å²) in [5.74, 6) is -0.305. The van der Waals surface area contributed by atoms with Crippen LogP contribution in [0.1, 0.15) is 23.2 Å². The minimum Gasteiger partial charge on any atom is -0.469 e. The molecule has 1 saturated heterocycles. The molecule has 1 aliphatic heterocycles. The van der Waals surface area contributed by atoms with E-state index in [4.69, 9.17) is 9.72 Å². The van der Waals surface area contributed by atoms with Crippen LogP contribution in [-0.2, 0) is 9.53 Å². The Morgan fingerprint density at radius 3 is 2.63 bits per heavy atom. The van der Waals surface area contributed by atoms with Crippen molar-refractivity contribution in [1.29, 1.82) is 0 Å². The zero-order chi connectivity index (χ0) is 18.8. The number of esters is 1. The lowest BCUT2D eigenvalue weighted by Gasteiger charge is -2.31. The molecule has 2 aromatic heterocycles. The molecule has 6 heteroatoms. The van der Waals surface area contributed by atoms with E-state index in [2.05, 4.69) is 0 Å². The van der Waals surface area contributed by atoms with E-state index in [9.17, 15) is 9.59 Å². The molecule has 1 amide bonds. The number of ether oxygens (including phenoxy) is 1. The Kier molecular flexibility index (Phi) is 4.90. The second-order valence-electron chi connectivity index (χ2n) is 6.64. The zero-order valence-corrected chi connectivity index (χ0v) is 15.9. The van der Waals surface area contributed by atoms with Crippen LogP contribution in [0.2, 0.25) is 0 Å². The van der Waals surface area contributed by atoms with Gasteiger partial charge in [0.15, 0.2) is 0 Å². The van der Waals surface area contributed by atoms with E-state index < -0.39 is 0 Å². The van der Waals surface area contributed by atoms with E-state index in [0.29, 0.717) is 31.5 Å². The van der Waals surface area contributed by atoms with E-state index in [0.717, 1.165) is 21.5 Å². The van der Waals surface area contributed by atoms with Crippen molar-refractivity contribution >= 4 is 34.1 Å². The number of pyridine rings is 1. The lowest BCUT2D eigenvalue weighted by atomic mass is 9.96. The molecule has 0 saturated carbocycles. The second-order valence-corrected chi connectivity index (χ2v) is 7.59. The van der Waals surface area contributed by atoms with Gasteiger partial charge in [-0.2, -0.15) is 0 Å². The molecule has 3 aromatic rings. The van der Waals surface area contributed by atoms with Gasteiger partial charge in [-0.05, 0) is 36.4 Å². The largest absolute Gasteiger partial charge is 0.469 e. The van der Waals surface area contributed by atoms with Crippen molar-refractivity contribution in [1.82, 2.24) is 9.88 Å². The maximum atomic E-state index is 13.3. The third kappa shape index (κ3) is 3.45. The third-order valence-electron chi connectivity index (χ3n) is 5.04. The van der Waals surface area contributed by atoms with Crippen molar-refractivity contribution in [2.75, 3.05) is 20.2 Å². The quantitative estimate of drug-likeness (QED) is 0.645. The average molecular weight is 380 g/mol. The summed E-state index contributed by atoms with van der Waals surface area (Å²) >= 11 is 1.61. The van der Waals surface area contributed by atoms with Gasteiger partial charge in [0.1, 0.15) is 0 Å². The molecule has 0 radical (unpaired) electrons. The summed E-state index contributed by atoms with van der Waals surface area (Å²) in [5.41, 5.74) is 2.30. The maximum Gasteiger partial charge on any atom is 0.308 e. The number of rotatable bonds is 3. The van der Waals surface area contributed by atoms with E-state index in [1.807, 2.05) is 52.7 Å². The summed E-state index contributed by atoms with van der Waals surface area (Å²) in [6.45, 7) is 1.12. The first-order valence-corrected chi connectivity index (χ1v) is 9.86. The fourth-order valence-corrected chi connectivity index (χ4v) is 4.24. The minimum atomic E-state index is -0.184. The maximum absolute atomic E-state index is 13.3. The number of para-hydroxylation sites is 1. The molecule has 5 nitrogen and oxygen atoms in total. The molecule has 0 spiro atoms. The van der Waals surface area contributed by atoms with Crippen LogP contribution >= 0.6 is 11.3 Å². The number of piperidine rings is 1. The Balaban J connectivity index is 1.66. The lowest BCUT2D eigenvalue weighted by Crippen LogP contribution is -2.40. The predicted molar refractivity (Wildman–Crippen MR) is 106 cm³/mol. The highest BCUT2D eigenvalue weighted by atomic mass is 32.1. The van der Waals surface area contributed by atoms with Gasteiger partial charge < -0.3 is 9.64 Å². The number of aromatic nitrogens is 1. The molecule has 138 valence electrons. The Labute approximate surface area is 161 Å². The predicted octanol–water partition coefficient (Wildman–Crippen LogP) is 3.99. The van der Waals surface area contributed by atoms with Crippen LogP contribution < -0.4 is 0 Å². The highest BCUT2D eigenvalue weighted by Gasteiger charge is 2.29. The standard InChI is InChI=1S/C21H20N2O3S/c1-26-21(25)14-8-10-23(11-9-14)20(24)16-13-18(19-7-4-12-27-19)22-17-6-3-2-5-15(16)17/h2-7,12-14H,8-11H2,1H3. The van der Waals surface area contributed by atoms with Crippen LogP contribution in [0, 0.1) is 5.92 Å². The number of benzene rings is 1. The van der Waals surface area contributed by atoms with E-state index in [-0.39, 0.29) is 17.8 Å². The van der Waals surface area contributed by atoms with E-state index in [1.54, 1.807) is 11.3 Å². The summed E-state index contributed by atoms with van der Waals surface area (Å²) in [7, 11) is 1.41. The Morgan fingerprint density at radius 2 is 1.93 bits per heavy atom. The van der Waals surface area contributed by atoms with Gasteiger partial charge in [-0.3, -0.25) is 9.59 Å². The normalized spacial score (nSPS) is 15.1. The minimum absolute atomic E-state index is 0.00489. The molecule has 0 bridgehead atoms. The number of likely N-dealkylation sites (tertiary alicyclic amines) is 1. The number of hydrogen-bond donors (Lipinski definition) is 0. The van der Waals surface area contributed by atoms with Gasteiger partial charge in [0, 0.05) is 18.5 Å². The van der Waals surface area contributed by atoms with Gasteiger partial charge >= 0.3 is 5.97 Å². The van der Waals surface area contributed by atoms with E-state index >= 15 is 0 Å². The van der Waals surface area contributed by atoms with Crippen molar-refractivity contribution in [2.45, 2.75) is 12.8 Å². The first-order valence-electron chi connectivity index (χ1n) is 8.98. The number of fused-ring (bicyclic) bond motifs is 1. The number of thiophene rings is 1. The van der Waals surface area contributed by atoms with Crippen LogP contribution in [0.4, 0.5) is 0 Å². The van der Waals surface area contributed by atoms with Crippen LogP contribution in [0.5, 0.6) is 0 Å². The molecule has 27 heavy (non-hydrogen) atoms. The topological polar surface area (TPSA) is 59.5 Å². The molecule has 1 fully saturated rings. The molecule has 1 aliphatic rings. The van der Waals surface area contributed by atoms with Crippen molar-refractivity contribution in [3.05, 3.63) is 53.4 Å². The van der Waals surface area contributed by atoms with Gasteiger partial charge in [-0.15, -0.1) is 11.3 Å². The Bertz CT molecular complexity index is 976. The van der Waals surface area contributed by atoms with Crippen molar-refractivity contribution in [2.24, 2.45) is 5.92 Å². The SMILES string of the molecule is COC(=O)C1CCN(C(=O)c2cc(-c3cccs3)nc3ccccc23)CC1. The molecular formula is C21H20N2O3S. The molecule has 0 unspecified atom stereocenters. The zero-order valence-electron chi connectivity index (χ0n) is 15.1. The average Bonchev–Trinajstić information content (AvgIpc) is 3.27. The molecule has 4 rings (SSSR count). The lowest BCUT2D eigenvalue weighted by molar-refractivity contribution is -0.146. The first-order chi connectivity index (χ1) is 13.2. The van der Waals surface area contributed by atoms with Crippen molar-refractivity contribution in [3.8, 4) is 10.6 Å². The number of methoxy groups -OCH3 is 1. The van der Waals surface area contributed by atoms with Gasteiger partial charge in [0.2, 0.25) is 0 Å². The molecule has 0 N–H and O–H groups in total. The highest BCUT2D eigenvalue weighted by Crippen LogP contribution is 2.29. The van der Waals surface area contributed by atoms with Gasteiger partial charge in [-0.1, -0.05) is 24.3 Å². The van der Waals surface area contributed by atoms with Gasteiger partial charge in [0.05, 0.1) is 34.7 Å². The van der Waals surface area contributed by atoms with Gasteiger partial charge in [-0.25, -0.2) is 4.98 Å². The summed E-state index contributed by atoms with van der Waals surface area (Å²) in [4.78, 5) is 32.6. The number of carbonyl (C=O) groups is 2. The molecular weight excluding hydrogens is 360 g/mol. The number of carbonyl (C=O) groups excluding carboxylic acids is 2. The Morgan fingerprint density at radius 1 is 1.15 bits per heavy atom. The summed E-state index contributed by atoms with van der Waals surface area (Å²) in [5, 5.41) is 2.86. The fourth-order valence-electron chi connectivity index (χ4n) is 3.56. The molecule has 1 aromatic carbocycles. The number of amides is 1. The molecule has 0 atom stereocenters. The van der Waals surface area contributed by atoms with Crippen molar-refractivity contribution < 1.29 is 14.3 Å². The molecule has 0 aliphatic carbocycles. The van der Waals surface area contributed by atoms with Crippen molar-refractivity contribution in [3.63, 3.8) is 0 Å². The van der Waals surface area contributed by atoms with Crippen LogP contribution in [0.15, 0.2) is 47.8 Å². The first kappa shape index (κ1) is 17.7. The van der Waals surface area contributed by atoms with Crippen LogP contribution in [0.25, 0.3) is 21.5 Å². The summed E-state index contributed by atoms with van der Waals surface area (Å²) in [6.07, 6.45) is 1.28.